The third-order valence-electron chi connectivity index (χ3n) is 1.38. The highest BCUT2D eigenvalue weighted by atomic mass is 16.5. The van der Waals surface area contributed by atoms with Crippen molar-refractivity contribution in [1.29, 1.82) is 0 Å². The maximum atomic E-state index is 5.17. The van der Waals surface area contributed by atoms with Gasteiger partial charge in [-0.15, -0.1) is 0 Å². The van der Waals surface area contributed by atoms with Crippen LogP contribution in [0.25, 0.3) is 0 Å². The minimum atomic E-state index is 0.612. The number of rotatable bonds is 3. The highest BCUT2D eigenvalue weighted by molar-refractivity contribution is 6.03. The molecule has 0 N–H and O–H groups in total. The molecule has 0 saturated carbocycles. The SMILES string of the molecule is C=C(OCC)/C(C)=N/C(C)=N\C. The van der Waals surface area contributed by atoms with Gasteiger partial charge < -0.3 is 4.74 Å². The monoisotopic (exact) mass is 168 g/mol. The Balaban J connectivity index is 4.27. The van der Waals surface area contributed by atoms with Crippen molar-refractivity contribution in [2.45, 2.75) is 20.8 Å². The van der Waals surface area contributed by atoms with Crippen LogP contribution < -0.4 is 0 Å². The van der Waals surface area contributed by atoms with Crippen molar-refractivity contribution in [1.82, 2.24) is 0 Å². The van der Waals surface area contributed by atoms with Crippen molar-refractivity contribution in [3.8, 4) is 0 Å². The van der Waals surface area contributed by atoms with E-state index < -0.39 is 0 Å². The molecule has 0 aliphatic carbocycles. The Labute approximate surface area is 73.9 Å². The van der Waals surface area contributed by atoms with Gasteiger partial charge in [-0.2, -0.15) is 0 Å². The van der Waals surface area contributed by atoms with Crippen molar-refractivity contribution >= 4 is 11.5 Å². The fraction of sp³-hybridized carbons (Fsp3) is 0.556. The van der Waals surface area contributed by atoms with Crippen molar-refractivity contribution in [3.63, 3.8) is 0 Å². The molecule has 68 valence electrons. The summed E-state index contributed by atoms with van der Waals surface area (Å²) in [6.07, 6.45) is 0. The third kappa shape index (κ3) is 3.91. The zero-order valence-corrected chi connectivity index (χ0v) is 8.22. The van der Waals surface area contributed by atoms with Gasteiger partial charge in [0.1, 0.15) is 11.6 Å². The number of amidine groups is 1. The van der Waals surface area contributed by atoms with E-state index in [0.717, 1.165) is 11.5 Å². The largest absolute Gasteiger partial charge is 0.493 e. The second kappa shape index (κ2) is 5.52. The van der Waals surface area contributed by atoms with Gasteiger partial charge in [-0.25, -0.2) is 4.99 Å². The topological polar surface area (TPSA) is 34.0 Å². The first-order valence-corrected chi connectivity index (χ1v) is 3.92. The minimum Gasteiger partial charge on any atom is -0.493 e. The molecule has 3 heteroatoms. The van der Waals surface area contributed by atoms with Gasteiger partial charge in [0.2, 0.25) is 0 Å². The smallest absolute Gasteiger partial charge is 0.133 e. The number of ether oxygens (including phenoxy) is 1. The molecule has 0 amide bonds. The van der Waals surface area contributed by atoms with Gasteiger partial charge in [0.25, 0.3) is 0 Å². The molecule has 0 saturated heterocycles. The Kier molecular flexibility index (Phi) is 5.00. The van der Waals surface area contributed by atoms with E-state index in [9.17, 15) is 0 Å². The lowest BCUT2D eigenvalue weighted by Gasteiger charge is -2.05. The molecule has 0 aromatic rings. The molecule has 0 bridgehead atoms. The lowest BCUT2D eigenvalue weighted by Crippen LogP contribution is -2.03. The first-order chi connectivity index (χ1) is 5.61. The molecule has 0 aromatic heterocycles. The van der Waals surface area contributed by atoms with Crippen LogP contribution in [0.4, 0.5) is 0 Å². The number of hydrogen-bond acceptors (Lipinski definition) is 2. The molecule has 0 aliphatic heterocycles. The molecule has 0 atom stereocenters. The van der Waals surface area contributed by atoms with Crippen molar-refractivity contribution in [2.24, 2.45) is 9.98 Å². The molecule has 0 unspecified atom stereocenters. The highest BCUT2D eigenvalue weighted by Gasteiger charge is 1.97. The van der Waals surface area contributed by atoms with Gasteiger partial charge in [0.15, 0.2) is 0 Å². The number of hydrogen-bond donors (Lipinski definition) is 0. The van der Waals surface area contributed by atoms with Gasteiger partial charge >= 0.3 is 0 Å². The number of nitrogens with zero attached hydrogens (tertiary/aromatic N) is 2. The van der Waals surface area contributed by atoms with Crippen molar-refractivity contribution in [2.75, 3.05) is 13.7 Å². The summed E-state index contributed by atoms with van der Waals surface area (Å²) in [5.41, 5.74) is 0.778. The molecule has 0 spiro atoms. The lowest BCUT2D eigenvalue weighted by atomic mass is 10.3. The predicted molar refractivity (Wildman–Crippen MR) is 52.9 cm³/mol. The fourth-order valence-corrected chi connectivity index (χ4v) is 0.634. The molecule has 0 radical (unpaired) electrons. The molecule has 3 nitrogen and oxygen atoms in total. The van der Waals surface area contributed by atoms with Gasteiger partial charge in [0.05, 0.1) is 12.3 Å². The molecule has 0 aromatic carbocycles. The summed E-state index contributed by atoms with van der Waals surface area (Å²) in [6, 6.07) is 0. The summed E-state index contributed by atoms with van der Waals surface area (Å²) in [5, 5.41) is 0. The molecule has 0 fully saturated rings. The maximum absolute atomic E-state index is 5.17. The third-order valence-corrected chi connectivity index (χ3v) is 1.38. The van der Waals surface area contributed by atoms with E-state index in [-0.39, 0.29) is 0 Å². The Bertz CT molecular complexity index is 217. The molecule has 0 heterocycles. The first kappa shape index (κ1) is 10.9. The van der Waals surface area contributed by atoms with E-state index in [2.05, 4.69) is 16.6 Å². The zero-order valence-electron chi connectivity index (χ0n) is 8.22. The van der Waals surface area contributed by atoms with E-state index in [1.54, 1.807) is 7.05 Å². The van der Waals surface area contributed by atoms with Crippen LogP contribution in [-0.2, 0) is 4.74 Å². The summed E-state index contributed by atoms with van der Waals surface area (Å²) >= 11 is 0. The average molecular weight is 168 g/mol. The standard InChI is InChI=1S/C9H16N2O/c1-6-12-8(3)7(2)11-9(4)10-5/h3,6H2,1-2,4-5H3/b10-9-,11-7+. The van der Waals surface area contributed by atoms with Crippen LogP contribution in [-0.4, -0.2) is 25.2 Å². The first-order valence-electron chi connectivity index (χ1n) is 3.92. The summed E-state index contributed by atoms with van der Waals surface area (Å²) in [5.74, 6) is 1.34. The lowest BCUT2D eigenvalue weighted by molar-refractivity contribution is 0.251. The van der Waals surface area contributed by atoms with E-state index >= 15 is 0 Å². The van der Waals surface area contributed by atoms with Crippen LogP contribution >= 0.6 is 0 Å². The van der Waals surface area contributed by atoms with Gasteiger partial charge in [0, 0.05) is 7.05 Å². The van der Waals surface area contributed by atoms with Gasteiger partial charge in [-0.05, 0) is 20.8 Å². The van der Waals surface area contributed by atoms with Crippen LogP contribution in [0.5, 0.6) is 0 Å². The summed E-state index contributed by atoms with van der Waals surface area (Å²) in [7, 11) is 1.70. The Hall–Kier alpha value is -1.12. The van der Waals surface area contributed by atoms with E-state index in [4.69, 9.17) is 4.74 Å². The molecule has 0 rings (SSSR count). The summed E-state index contributed by atoms with van der Waals surface area (Å²) in [6.45, 7) is 9.95. The number of aliphatic imine (C=N–C) groups is 2. The molecule has 12 heavy (non-hydrogen) atoms. The second-order valence-corrected chi connectivity index (χ2v) is 2.32. The van der Waals surface area contributed by atoms with E-state index in [1.807, 2.05) is 20.8 Å². The summed E-state index contributed by atoms with van der Waals surface area (Å²) < 4.78 is 5.17. The Morgan fingerprint density at radius 1 is 1.42 bits per heavy atom. The highest BCUT2D eigenvalue weighted by Crippen LogP contribution is 1.97. The van der Waals surface area contributed by atoms with Crippen molar-refractivity contribution < 1.29 is 4.74 Å². The van der Waals surface area contributed by atoms with Crippen LogP contribution in [0.15, 0.2) is 22.3 Å². The maximum Gasteiger partial charge on any atom is 0.133 e. The zero-order chi connectivity index (χ0) is 9.56. The van der Waals surface area contributed by atoms with Crippen molar-refractivity contribution in [3.05, 3.63) is 12.3 Å². The molecular formula is C9H16N2O. The van der Waals surface area contributed by atoms with Crippen LogP contribution in [0.3, 0.4) is 0 Å². The van der Waals surface area contributed by atoms with Crippen LogP contribution in [0, 0.1) is 0 Å². The normalized spacial score (nSPS) is 13.0. The van der Waals surface area contributed by atoms with Crippen LogP contribution in [0.2, 0.25) is 0 Å². The predicted octanol–water partition coefficient (Wildman–Crippen LogP) is 2.05. The summed E-state index contributed by atoms with van der Waals surface area (Å²) in [4.78, 5) is 8.06. The fourth-order valence-electron chi connectivity index (χ4n) is 0.634. The Morgan fingerprint density at radius 2 is 2.00 bits per heavy atom. The van der Waals surface area contributed by atoms with E-state index in [1.165, 1.54) is 0 Å². The number of allylic oxidation sites excluding steroid dienone is 1. The quantitative estimate of drug-likeness (QED) is 0.361. The van der Waals surface area contributed by atoms with Gasteiger partial charge in [-0.3, -0.25) is 4.99 Å². The minimum absolute atomic E-state index is 0.612. The molecule has 0 aliphatic rings. The molecular weight excluding hydrogens is 152 g/mol. The van der Waals surface area contributed by atoms with Crippen LogP contribution in [0.1, 0.15) is 20.8 Å². The average Bonchev–Trinajstić information content (AvgIpc) is 2.04. The van der Waals surface area contributed by atoms with E-state index in [0.29, 0.717) is 12.4 Å². The van der Waals surface area contributed by atoms with Gasteiger partial charge in [-0.1, -0.05) is 6.58 Å². The Morgan fingerprint density at radius 3 is 2.42 bits per heavy atom. The second-order valence-electron chi connectivity index (χ2n) is 2.32.